The fraction of sp³-hybridized carbons (Fsp3) is 0.900. The number of hydrogen-bond donors (Lipinski definition) is 1. The molecule has 0 saturated heterocycles. The van der Waals surface area contributed by atoms with Gasteiger partial charge in [0.05, 0.1) is 6.61 Å². The molecule has 0 atom stereocenters. The number of ether oxygens (including phenoxy) is 1. The molecule has 0 aliphatic rings. The van der Waals surface area contributed by atoms with E-state index < -0.39 is 14.9 Å². The predicted octanol–water partition coefficient (Wildman–Crippen LogP) is 1.52. The molecule has 1 amide bonds. The molecule has 17 heavy (non-hydrogen) atoms. The lowest BCUT2D eigenvalue weighted by atomic mass is 10.5. The summed E-state index contributed by atoms with van der Waals surface area (Å²) < 4.78 is 21.6. The van der Waals surface area contributed by atoms with E-state index in [0.29, 0.717) is 32.3 Å². The van der Waals surface area contributed by atoms with E-state index >= 15 is 0 Å². The average Bonchev–Trinajstić information content (AvgIpc) is 2.25. The molecule has 0 aliphatic carbocycles. The molecule has 2 N–H and O–H groups in total. The highest BCUT2D eigenvalue weighted by molar-refractivity contribution is 6.60. The molecule has 6 nitrogen and oxygen atoms in total. The maximum absolute atomic E-state index is 10.4. The van der Waals surface area contributed by atoms with Crippen molar-refractivity contribution < 1.29 is 22.8 Å². The first-order chi connectivity index (χ1) is 8.10. The van der Waals surface area contributed by atoms with E-state index in [-0.39, 0.29) is 6.61 Å². The van der Waals surface area contributed by atoms with Crippen LogP contribution >= 0.6 is 0 Å². The number of amides is 1. The summed E-state index contributed by atoms with van der Waals surface area (Å²) in [6.07, 6.45) is -0.142. The summed E-state index contributed by atoms with van der Waals surface area (Å²) in [5.74, 6) is 0. The van der Waals surface area contributed by atoms with Crippen molar-refractivity contribution in [1.29, 1.82) is 0 Å². The van der Waals surface area contributed by atoms with Crippen LogP contribution in [0.2, 0.25) is 6.04 Å². The summed E-state index contributed by atoms with van der Waals surface area (Å²) in [6, 6.07) is 0.621. The smallest absolute Gasteiger partial charge is 0.450 e. The number of rotatable bonds is 10. The molecule has 0 fully saturated rings. The first kappa shape index (κ1) is 16.4. The molecule has 0 spiro atoms. The average molecular weight is 265 g/mol. The van der Waals surface area contributed by atoms with Gasteiger partial charge in [-0.25, -0.2) is 4.79 Å². The minimum atomic E-state index is -2.60. The summed E-state index contributed by atoms with van der Waals surface area (Å²) in [4.78, 5) is 10.4. The molecule has 0 aromatic carbocycles. The first-order valence-corrected chi connectivity index (χ1v) is 7.87. The summed E-state index contributed by atoms with van der Waals surface area (Å²) in [7, 11) is -2.60. The minimum Gasteiger partial charge on any atom is -0.450 e. The van der Waals surface area contributed by atoms with Crippen LogP contribution in [0.1, 0.15) is 27.2 Å². The fourth-order valence-corrected chi connectivity index (χ4v) is 4.04. The van der Waals surface area contributed by atoms with Crippen LogP contribution < -0.4 is 5.73 Å². The van der Waals surface area contributed by atoms with Crippen LogP contribution in [0.25, 0.3) is 0 Å². The summed E-state index contributed by atoms with van der Waals surface area (Å²) >= 11 is 0. The quantitative estimate of drug-likeness (QED) is 0.478. The first-order valence-electron chi connectivity index (χ1n) is 5.94. The van der Waals surface area contributed by atoms with Gasteiger partial charge in [0.25, 0.3) is 0 Å². The van der Waals surface area contributed by atoms with Gasteiger partial charge in [0.15, 0.2) is 0 Å². The highest BCUT2D eigenvalue weighted by Crippen LogP contribution is 2.18. The highest BCUT2D eigenvalue weighted by Gasteiger charge is 2.39. The molecule has 0 aromatic rings. The summed E-state index contributed by atoms with van der Waals surface area (Å²) in [5, 5.41) is 0. The molecule has 0 heterocycles. The number of primary amides is 1. The van der Waals surface area contributed by atoms with Crippen molar-refractivity contribution in [3.05, 3.63) is 0 Å². The van der Waals surface area contributed by atoms with E-state index in [4.69, 9.17) is 19.0 Å². The SMILES string of the molecule is CCO[Si](CCCOC(N)=O)(OCC)OCC. The van der Waals surface area contributed by atoms with E-state index in [1.54, 1.807) is 0 Å². The minimum absolute atomic E-state index is 0.261. The number of carbonyl (C=O) groups is 1. The Bertz CT molecular complexity index is 198. The normalized spacial score (nSPS) is 11.5. The van der Waals surface area contributed by atoms with Crippen molar-refractivity contribution in [2.45, 2.75) is 33.2 Å². The van der Waals surface area contributed by atoms with Gasteiger partial charge in [0.2, 0.25) is 0 Å². The van der Waals surface area contributed by atoms with Crippen LogP contribution in [0.15, 0.2) is 0 Å². The zero-order valence-electron chi connectivity index (χ0n) is 10.9. The standard InChI is InChI=1S/C10H23NO5Si/c1-4-14-17(15-5-2,16-6-3)9-7-8-13-10(11)12/h4-9H2,1-3H3,(H2,11,12). The molecule has 7 heteroatoms. The second-order valence-electron chi connectivity index (χ2n) is 3.25. The van der Waals surface area contributed by atoms with E-state index in [1.807, 2.05) is 20.8 Å². The predicted molar refractivity (Wildman–Crippen MR) is 65.6 cm³/mol. The van der Waals surface area contributed by atoms with Gasteiger partial charge in [-0.3, -0.25) is 0 Å². The van der Waals surface area contributed by atoms with Crippen molar-refractivity contribution >= 4 is 14.9 Å². The third-order valence-electron chi connectivity index (χ3n) is 1.96. The van der Waals surface area contributed by atoms with Crippen LogP contribution in [0, 0.1) is 0 Å². The van der Waals surface area contributed by atoms with Crippen molar-refractivity contribution in [1.82, 2.24) is 0 Å². The number of nitrogens with two attached hydrogens (primary N) is 1. The van der Waals surface area contributed by atoms with E-state index in [9.17, 15) is 4.79 Å². The van der Waals surface area contributed by atoms with Crippen molar-refractivity contribution in [3.63, 3.8) is 0 Å². The monoisotopic (exact) mass is 265 g/mol. The third kappa shape index (κ3) is 7.32. The molecular formula is C10H23NO5Si. The zero-order valence-corrected chi connectivity index (χ0v) is 11.9. The molecule has 102 valence electrons. The van der Waals surface area contributed by atoms with Crippen LogP contribution in [-0.4, -0.2) is 41.3 Å². The van der Waals surface area contributed by atoms with Gasteiger partial charge in [-0.2, -0.15) is 0 Å². The van der Waals surface area contributed by atoms with Gasteiger partial charge in [-0.05, 0) is 27.2 Å². The Kier molecular flexibility index (Phi) is 9.05. The molecular weight excluding hydrogens is 242 g/mol. The molecule has 0 aromatic heterocycles. The Labute approximate surface area is 104 Å². The van der Waals surface area contributed by atoms with Gasteiger partial charge in [0, 0.05) is 25.9 Å². The second kappa shape index (κ2) is 9.40. The van der Waals surface area contributed by atoms with Crippen molar-refractivity contribution in [2.24, 2.45) is 5.73 Å². The fourth-order valence-electron chi connectivity index (χ4n) is 1.46. The van der Waals surface area contributed by atoms with E-state index in [2.05, 4.69) is 4.74 Å². The van der Waals surface area contributed by atoms with E-state index in [0.717, 1.165) is 0 Å². The number of hydrogen-bond acceptors (Lipinski definition) is 5. The molecule has 0 aliphatic heterocycles. The summed E-state index contributed by atoms with van der Waals surface area (Å²) in [6.45, 7) is 7.60. The maximum atomic E-state index is 10.4. The van der Waals surface area contributed by atoms with Crippen LogP contribution in [-0.2, 0) is 18.0 Å². The molecule has 0 radical (unpaired) electrons. The van der Waals surface area contributed by atoms with Crippen LogP contribution in [0.4, 0.5) is 4.79 Å². The lowest BCUT2D eigenvalue weighted by molar-refractivity contribution is 0.0685. The van der Waals surface area contributed by atoms with Gasteiger partial charge in [0.1, 0.15) is 0 Å². The Morgan fingerprint density at radius 2 is 1.53 bits per heavy atom. The third-order valence-corrected chi connectivity index (χ3v) is 5.12. The van der Waals surface area contributed by atoms with Crippen LogP contribution in [0.5, 0.6) is 0 Å². The molecule has 0 unspecified atom stereocenters. The highest BCUT2D eigenvalue weighted by atomic mass is 28.4. The Morgan fingerprint density at radius 3 is 1.88 bits per heavy atom. The Hall–Kier alpha value is -0.633. The van der Waals surface area contributed by atoms with Crippen molar-refractivity contribution in [2.75, 3.05) is 26.4 Å². The van der Waals surface area contributed by atoms with Gasteiger partial charge in [-0.1, -0.05) is 0 Å². The molecule has 0 bridgehead atoms. The molecule has 0 saturated carbocycles. The zero-order chi connectivity index (χ0) is 13.1. The largest absolute Gasteiger partial charge is 0.501 e. The Balaban J connectivity index is 4.18. The topological polar surface area (TPSA) is 80.0 Å². The Morgan fingerprint density at radius 1 is 1.06 bits per heavy atom. The van der Waals surface area contributed by atoms with Crippen LogP contribution in [0.3, 0.4) is 0 Å². The van der Waals surface area contributed by atoms with Crippen molar-refractivity contribution in [3.8, 4) is 0 Å². The van der Waals surface area contributed by atoms with Gasteiger partial charge >= 0.3 is 14.9 Å². The second-order valence-corrected chi connectivity index (χ2v) is 5.99. The summed E-state index contributed by atoms with van der Waals surface area (Å²) in [5.41, 5.74) is 4.87. The van der Waals surface area contributed by atoms with Gasteiger partial charge < -0.3 is 23.7 Å². The number of carbonyl (C=O) groups excluding carboxylic acids is 1. The van der Waals surface area contributed by atoms with E-state index in [1.165, 1.54) is 0 Å². The maximum Gasteiger partial charge on any atom is 0.501 e. The lowest BCUT2D eigenvalue weighted by Gasteiger charge is -2.28. The molecule has 0 rings (SSSR count). The lowest BCUT2D eigenvalue weighted by Crippen LogP contribution is -2.46. The van der Waals surface area contributed by atoms with Gasteiger partial charge in [-0.15, -0.1) is 0 Å².